The van der Waals surface area contributed by atoms with Crippen molar-refractivity contribution in [2.24, 2.45) is 0 Å². The van der Waals surface area contributed by atoms with Crippen LogP contribution < -0.4 is 10.1 Å². The molecule has 0 saturated heterocycles. The van der Waals surface area contributed by atoms with Crippen LogP contribution >= 0.6 is 11.6 Å². The number of benzene rings is 1. The summed E-state index contributed by atoms with van der Waals surface area (Å²) in [6, 6.07) is 4.94. The first kappa shape index (κ1) is 15.1. The molecule has 1 aliphatic rings. The van der Waals surface area contributed by atoms with Crippen molar-refractivity contribution in [2.45, 2.75) is 17.6 Å². The van der Waals surface area contributed by atoms with Crippen LogP contribution in [0, 0.1) is 0 Å². The van der Waals surface area contributed by atoms with Crippen LogP contribution in [-0.4, -0.2) is 39.0 Å². The maximum Gasteiger partial charge on any atom is 0.255 e. The van der Waals surface area contributed by atoms with Crippen LogP contribution in [0.5, 0.6) is 5.75 Å². The Morgan fingerprint density at radius 3 is 2.75 bits per heavy atom. The van der Waals surface area contributed by atoms with Gasteiger partial charge in [-0.3, -0.25) is 4.79 Å². The molecule has 5 nitrogen and oxygen atoms in total. The number of hydrogen-bond acceptors (Lipinski definition) is 4. The standard InChI is InChI=1S/C13H16ClNO4S/c1-8(20(2,17)18)12(14)9-3-4-11-10(7-9)13(16)15-5-6-19-11/h3-4,7-8,12H,5-6H2,1-2H3,(H,15,16). The van der Waals surface area contributed by atoms with Crippen LogP contribution in [0.4, 0.5) is 0 Å². The number of carbonyl (C=O) groups excluding carboxylic acids is 1. The topological polar surface area (TPSA) is 72.5 Å². The second-order valence-corrected chi connectivity index (χ2v) is 7.67. The molecular weight excluding hydrogens is 302 g/mol. The molecule has 0 radical (unpaired) electrons. The lowest BCUT2D eigenvalue weighted by atomic mass is 10.0. The first-order chi connectivity index (χ1) is 9.30. The molecule has 2 rings (SSSR count). The van der Waals surface area contributed by atoms with Gasteiger partial charge in [0.25, 0.3) is 5.91 Å². The molecule has 1 aromatic rings. The van der Waals surface area contributed by atoms with Gasteiger partial charge in [-0.1, -0.05) is 6.07 Å². The van der Waals surface area contributed by atoms with E-state index in [2.05, 4.69) is 5.32 Å². The summed E-state index contributed by atoms with van der Waals surface area (Å²) < 4.78 is 28.6. The molecule has 7 heteroatoms. The zero-order valence-corrected chi connectivity index (χ0v) is 12.8. The van der Waals surface area contributed by atoms with E-state index in [0.717, 1.165) is 6.26 Å². The van der Waals surface area contributed by atoms with Gasteiger partial charge in [0.2, 0.25) is 0 Å². The number of ether oxygens (including phenoxy) is 1. The Labute approximate surface area is 123 Å². The summed E-state index contributed by atoms with van der Waals surface area (Å²) in [6.07, 6.45) is 1.15. The lowest BCUT2D eigenvalue weighted by Crippen LogP contribution is -2.25. The van der Waals surface area contributed by atoms with Crippen molar-refractivity contribution in [3.63, 3.8) is 0 Å². The zero-order valence-electron chi connectivity index (χ0n) is 11.2. The molecule has 2 atom stereocenters. The van der Waals surface area contributed by atoms with Gasteiger partial charge < -0.3 is 10.1 Å². The second-order valence-electron chi connectivity index (χ2n) is 4.80. The molecule has 0 spiro atoms. The molecule has 20 heavy (non-hydrogen) atoms. The molecule has 1 aliphatic heterocycles. The van der Waals surface area contributed by atoms with E-state index in [0.29, 0.717) is 30.0 Å². The number of amides is 1. The van der Waals surface area contributed by atoms with E-state index >= 15 is 0 Å². The van der Waals surface area contributed by atoms with Gasteiger partial charge in [-0.15, -0.1) is 11.6 Å². The summed E-state index contributed by atoms with van der Waals surface area (Å²) in [5.74, 6) is 0.245. The molecule has 0 fully saturated rings. The lowest BCUT2D eigenvalue weighted by molar-refractivity contribution is 0.0957. The number of rotatable bonds is 3. The number of hydrogen-bond donors (Lipinski definition) is 1. The minimum atomic E-state index is -3.26. The third-order valence-corrected chi connectivity index (χ3v) is 5.70. The third-order valence-electron chi connectivity index (χ3n) is 3.30. The van der Waals surface area contributed by atoms with Crippen molar-refractivity contribution in [1.82, 2.24) is 5.32 Å². The number of fused-ring (bicyclic) bond motifs is 1. The van der Waals surface area contributed by atoms with E-state index in [1.54, 1.807) is 25.1 Å². The van der Waals surface area contributed by atoms with Gasteiger partial charge in [0.1, 0.15) is 12.4 Å². The zero-order chi connectivity index (χ0) is 14.9. The summed E-state index contributed by atoms with van der Waals surface area (Å²) in [7, 11) is -3.26. The summed E-state index contributed by atoms with van der Waals surface area (Å²) in [5.41, 5.74) is 0.968. The van der Waals surface area contributed by atoms with Crippen molar-refractivity contribution in [3.8, 4) is 5.75 Å². The van der Waals surface area contributed by atoms with Gasteiger partial charge >= 0.3 is 0 Å². The minimum Gasteiger partial charge on any atom is -0.491 e. The number of halogens is 1. The van der Waals surface area contributed by atoms with E-state index < -0.39 is 20.5 Å². The molecule has 0 aliphatic carbocycles. The van der Waals surface area contributed by atoms with E-state index in [-0.39, 0.29) is 5.91 Å². The number of carbonyl (C=O) groups is 1. The van der Waals surface area contributed by atoms with Crippen LogP contribution in [-0.2, 0) is 9.84 Å². The molecule has 1 amide bonds. The molecule has 1 N–H and O–H groups in total. The SMILES string of the molecule is CC(C(Cl)c1ccc2c(c1)C(=O)NCCO2)S(C)(=O)=O. The number of sulfone groups is 1. The van der Waals surface area contributed by atoms with Gasteiger partial charge in [0, 0.05) is 6.26 Å². The third kappa shape index (κ3) is 3.07. The minimum absolute atomic E-state index is 0.241. The highest BCUT2D eigenvalue weighted by Gasteiger charge is 2.27. The Morgan fingerprint density at radius 2 is 2.10 bits per heavy atom. The van der Waals surface area contributed by atoms with Crippen LogP contribution in [0.1, 0.15) is 28.2 Å². The molecule has 0 aromatic heterocycles. The van der Waals surface area contributed by atoms with E-state index in [1.165, 1.54) is 0 Å². The second kappa shape index (κ2) is 5.61. The molecule has 1 heterocycles. The van der Waals surface area contributed by atoms with Gasteiger partial charge in [-0.25, -0.2) is 8.42 Å². The fourth-order valence-electron chi connectivity index (χ4n) is 1.93. The van der Waals surface area contributed by atoms with Crippen molar-refractivity contribution in [1.29, 1.82) is 0 Å². The first-order valence-corrected chi connectivity index (χ1v) is 8.57. The Hall–Kier alpha value is -1.27. The maximum absolute atomic E-state index is 11.9. The molecule has 2 unspecified atom stereocenters. The van der Waals surface area contributed by atoms with E-state index in [1.807, 2.05) is 0 Å². The highest BCUT2D eigenvalue weighted by Crippen LogP contribution is 2.32. The predicted octanol–water partition coefficient (Wildman–Crippen LogP) is 1.52. The summed E-state index contributed by atoms with van der Waals surface area (Å²) in [6.45, 7) is 2.39. The largest absolute Gasteiger partial charge is 0.491 e. The summed E-state index contributed by atoms with van der Waals surface area (Å²) in [4.78, 5) is 11.9. The molecule has 1 aromatic carbocycles. The van der Waals surface area contributed by atoms with Gasteiger partial charge in [-0.05, 0) is 24.6 Å². The summed E-state index contributed by atoms with van der Waals surface area (Å²) in [5, 5.41) is 1.25. The monoisotopic (exact) mass is 317 g/mol. The van der Waals surface area contributed by atoms with E-state index in [4.69, 9.17) is 16.3 Å². The van der Waals surface area contributed by atoms with Gasteiger partial charge in [0.15, 0.2) is 9.84 Å². The van der Waals surface area contributed by atoms with Gasteiger partial charge in [-0.2, -0.15) is 0 Å². The molecule has 0 bridgehead atoms. The Morgan fingerprint density at radius 1 is 1.40 bits per heavy atom. The summed E-state index contributed by atoms with van der Waals surface area (Å²) >= 11 is 6.22. The van der Waals surface area contributed by atoms with Crippen LogP contribution in [0.3, 0.4) is 0 Å². The van der Waals surface area contributed by atoms with Crippen LogP contribution in [0.15, 0.2) is 18.2 Å². The Bertz CT molecular complexity index is 629. The van der Waals surface area contributed by atoms with Crippen LogP contribution in [0.2, 0.25) is 0 Å². The average Bonchev–Trinajstić information content (AvgIpc) is 2.58. The quantitative estimate of drug-likeness (QED) is 0.858. The van der Waals surface area contributed by atoms with Crippen molar-refractivity contribution in [3.05, 3.63) is 29.3 Å². The maximum atomic E-state index is 11.9. The lowest BCUT2D eigenvalue weighted by Gasteiger charge is -2.18. The van der Waals surface area contributed by atoms with Crippen molar-refractivity contribution in [2.75, 3.05) is 19.4 Å². The average molecular weight is 318 g/mol. The van der Waals surface area contributed by atoms with E-state index in [9.17, 15) is 13.2 Å². The van der Waals surface area contributed by atoms with Gasteiger partial charge in [0.05, 0.1) is 22.7 Å². The van der Waals surface area contributed by atoms with Crippen molar-refractivity contribution >= 4 is 27.3 Å². The highest BCUT2D eigenvalue weighted by molar-refractivity contribution is 7.91. The Kier molecular flexibility index (Phi) is 4.25. The fraction of sp³-hybridized carbons (Fsp3) is 0.462. The smallest absolute Gasteiger partial charge is 0.255 e. The highest BCUT2D eigenvalue weighted by atomic mass is 35.5. The molecule has 0 saturated carbocycles. The van der Waals surface area contributed by atoms with Crippen LogP contribution in [0.25, 0.3) is 0 Å². The Balaban J connectivity index is 2.38. The molecule has 110 valence electrons. The number of alkyl halides is 1. The first-order valence-electron chi connectivity index (χ1n) is 6.18. The fourth-order valence-corrected chi connectivity index (χ4v) is 3.22. The van der Waals surface area contributed by atoms with Crippen molar-refractivity contribution < 1.29 is 17.9 Å². The predicted molar refractivity (Wildman–Crippen MR) is 77.2 cm³/mol. The molecular formula is C13H16ClNO4S. The number of nitrogens with one attached hydrogen (secondary N) is 1. The normalized spacial score (nSPS) is 18.2.